The maximum atomic E-state index is 11.2. The first-order valence-corrected chi connectivity index (χ1v) is 8.61. The average molecular weight is 557 g/mol. The Hall–Kier alpha value is -4.66. The molecule has 0 amide bonds. The Morgan fingerprint density at radius 3 is 1.63 bits per heavy atom. The van der Waals surface area contributed by atoms with Gasteiger partial charge in [-0.3, -0.25) is 9.78 Å². The summed E-state index contributed by atoms with van der Waals surface area (Å²) < 4.78 is 3.64. The Labute approximate surface area is 254 Å². The molecule has 0 saturated heterocycles. The van der Waals surface area contributed by atoms with E-state index in [0.717, 1.165) is 22.1 Å². The fourth-order valence-electron chi connectivity index (χ4n) is 2.38. The van der Waals surface area contributed by atoms with Crippen LogP contribution in [0.2, 0.25) is 0 Å². The first kappa shape index (κ1) is 50.3. The predicted molar refractivity (Wildman–Crippen MR) is 122 cm³/mol. The molecule has 38 heavy (non-hydrogen) atoms. The van der Waals surface area contributed by atoms with Gasteiger partial charge in [-0.1, -0.05) is 0 Å². The van der Waals surface area contributed by atoms with Gasteiger partial charge in [0.05, 0.1) is 11.0 Å². The summed E-state index contributed by atoms with van der Waals surface area (Å²) in [5, 5.41) is 37.5. The molecule has 0 bridgehead atoms. The Bertz CT molecular complexity index is 1260. The van der Waals surface area contributed by atoms with E-state index in [9.17, 15) is 4.79 Å². The Morgan fingerprint density at radius 1 is 0.711 bits per heavy atom. The monoisotopic (exact) mass is 557 g/mol. The standard InChI is InChI=1S/C9H8N2O.C9H9N2.6CN.Fe.Na.H2O/c1-11-8-3-2-6-10-7(8)4-5-9(11)12;1-11-7-3-4-8-9(11)5-2-6-10-8;6*1-2;;;/h2-6H,1H3;2-7H,1H3;;;;;;;;;1H2/q;+1;6*-1;+6;+1;/p-1. The summed E-state index contributed by atoms with van der Waals surface area (Å²) in [4.78, 5) is 19.5. The second kappa shape index (κ2) is 36.9. The molecule has 0 fully saturated rings. The fraction of sp³-hybridized carbons (Fsp3) is 0.0833. The van der Waals surface area contributed by atoms with Gasteiger partial charge in [-0.25, -0.2) is 4.98 Å². The molecule has 4 heterocycles. The molecule has 0 aromatic carbocycles. The average Bonchev–Trinajstić information content (AvgIpc) is 2.98. The van der Waals surface area contributed by atoms with E-state index in [1.165, 1.54) is 6.07 Å². The molecular formula is C24H18FeN10NaO2+. The summed E-state index contributed by atoms with van der Waals surface area (Å²) in [7, 11) is 3.76. The maximum absolute atomic E-state index is 11.2. The van der Waals surface area contributed by atoms with Gasteiger partial charge in [0.1, 0.15) is 12.6 Å². The first-order valence-electron chi connectivity index (χ1n) is 8.61. The zero-order valence-corrected chi connectivity index (χ0v) is 23.6. The summed E-state index contributed by atoms with van der Waals surface area (Å²) in [6, 6.07) is 15.0. The van der Waals surface area contributed by atoms with Crippen molar-refractivity contribution in [2.24, 2.45) is 14.1 Å². The van der Waals surface area contributed by atoms with Gasteiger partial charge in [-0.2, -0.15) is 4.57 Å². The van der Waals surface area contributed by atoms with Crippen LogP contribution >= 0.6 is 0 Å². The molecule has 0 aliphatic carbocycles. The molecule has 0 aliphatic rings. The molecule has 0 spiro atoms. The molecule has 4 aromatic rings. The van der Waals surface area contributed by atoms with Crippen molar-refractivity contribution in [2.45, 2.75) is 0 Å². The van der Waals surface area contributed by atoms with Crippen LogP contribution in [0.1, 0.15) is 0 Å². The SMILES string of the molecule is C[n+]1cccc2ncccc21.Cn1c(=O)ccc2ncccc21.[C-]#N.[C-]#N.[C-]#N.[C-]#N.[C-]#N.[C-]#N.[Fe+6].[Na+].[OH-]. The van der Waals surface area contributed by atoms with Crippen molar-refractivity contribution in [2.75, 3.05) is 0 Å². The van der Waals surface area contributed by atoms with Crippen molar-refractivity contribution in [3.8, 4) is 0 Å². The van der Waals surface area contributed by atoms with Crippen molar-refractivity contribution in [1.82, 2.24) is 14.5 Å². The summed E-state index contributed by atoms with van der Waals surface area (Å²) in [6.07, 6.45) is 5.54. The number of fused-ring (bicyclic) bond motifs is 2. The maximum Gasteiger partial charge on any atom is 6.00 e. The molecule has 1 N–H and O–H groups in total. The molecule has 14 heteroatoms. The van der Waals surface area contributed by atoms with E-state index in [0.29, 0.717) is 0 Å². The smallest absolute Gasteiger partial charge is 0.870 e. The number of aromatic nitrogens is 4. The van der Waals surface area contributed by atoms with Gasteiger partial charge >= 0.3 is 46.6 Å². The number of hydrogen-bond acceptors (Lipinski definition) is 10. The van der Waals surface area contributed by atoms with Crippen molar-refractivity contribution in [3.63, 3.8) is 0 Å². The van der Waals surface area contributed by atoms with E-state index in [1.54, 1.807) is 23.9 Å². The molecule has 0 radical (unpaired) electrons. The molecule has 4 aromatic heterocycles. The van der Waals surface area contributed by atoms with Crippen molar-refractivity contribution < 1.29 is 56.7 Å². The van der Waals surface area contributed by atoms with Gasteiger partial charge in [0.15, 0.2) is 6.20 Å². The largest absolute Gasteiger partial charge is 6.00 e. The molecule has 184 valence electrons. The van der Waals surface area contributed by atoms with Crippen LogP contribution in [0.4, 0.5) is 0 Å². The molecule has 0 atom stereocenters. The molecule has 12 nitrogen and oxygen atoms in total. The number of hydrogen-bond donors (Lipinski definition) is 0. The molecule has 4 rings (SSSR count). The van der Waals surface area contributed by atoms with Crippen LogP contribution in [0, 0.1) is 71.0 Å². The summed E-state index contributed by atoms with van der Waals surface area (Å²) in [5.41, 5.74) is 3.91. The van der Waals surface area contributed by atoms with E-state index >= 15 is 0 Å². The van der Waals surface area contributed by atoms with Crippen LogP contribution in [-0.4, -0.2) is 20.0 Å². The minimum Gasteiger partial charge on any atom is -0.870 e. The van der Waals surface area contributed by atoms with Crippen molar-refractivity contribution in [1.29, 1.82) is 31.6 Å². The van der Waals surface area contributed by atoms with Crippen LogP contribution in [0.15, 0.2) is 71.9 Å². The first-order chi connectivity index (χ1) is 17.2. The summed E-state index contributed by atoms with van der Waals surface area (Å²) in [5.74, 6) is 0. The predicted octanol–water partition coefficient (Wildman–Crippen LogP) is -0.604. The normalized spacial score (nSPS) is 6.58. The van der Waals surface area contributed by atoms with Crippen LogP contribution in [-0.2, 0) is 31.2 Å². The molecule has 0 saturated carbocycles. The van der Waals surface area contributed by atoms with Gasteiger partial charge in [0, 0.05) is 37.6 Å². The number of pyridine rings is 4. The van der Waals surface area contributed by atoms with E-state index < -0.39 is 0 Å². The number of nitrogens with zero attached hydrogens (tertiary/aromatic N) is 10. The van der Waals surface area contributed by atoms with E-state index in [1.807, 2.05) is 49.8 Å². The number of rotatable bonds is 0. The summed E-state index contributed by atoms with van der Waals surface area (Å²) in [6.45, 7) is 28.5. The third kappa shape index (κ3) is 17.7. The van der Waals surface area contributed by atoms with Crippen LogP contribution < -0.4 is 39.7 Å². The van der Waals surface area contributed by atoms with Crippen LogP contribution in [0.3, 0.4) is 0 Å². The fourth-order valence-corrected chi connectivity index (χ4v) is 2.38. The topological polar surface area (TPSA) is 224 Å². The second-order valence-corrected chi connectivity index (χ2v) is 5.17. The Balaban J connectivity index is -0.0000000689. The van der Waals surface area contributed by atoms with E-state index in [4.69, 9.17) is 71.0 Å². The van der Waals surface area contributed by atoms with Crippen LogP contribution in [0.25, 0.3) is 22.1 Å². The second-order valence-electron chi connectivity index (χ2n) is 5.17. The minimum atomic E-state index is -0.00417. The Morgan fingerprint density at radius 2 is 1.16 bits per heavy atom. The van der Waals surface area contributed by atoms with Gasteiger partial charge in [-0.05, 0) is 30.3 Å². The van der Waals surface area contributed by atoms with Gasteiger partial charge in [-0.15, -0.1) is 0 Å². The van der Waals surface area contributed by atoms with E-state index in [-0.39, 0.29) is 57.7 Å². The van der Waals surface area contributed by atoms with Gasteiger partial charge in [0.25, 0.3) is 5.56 Å². The zero-order chi connectivity index (χ0) is 28.2. The zero-order valence-electron chi connectivity index (χ0n) is 20.5. The van der Waals surface area contributed by atoms with Crippen LogP contribution in [0.5, 0.6) is 0 Å². The van der Waals surface area contributed by atoms with Gasteiger partial charge < -0.3 is 81.0 Å². The van der Waals surface area contributed by atoms with E-state index in [2.05, 4.69) is 20.6 Å². The van der Waals surface area contributed by atoms with Gasteiger partial charge in [0.2, 0.25) is 5.52 Å². The summed E-state index contributed by atoms with van der Waals surface area (Å²) >= 11 is 0. The molecule has 0 aliphatic heterocycles. The van der Waals surface area contributed by atoms with Crippen molar-refractivity contribution >= 4 is 22.1 Å². The third-order valence-electron chi connectivity index (χ3n) is 3.65. The third-order valence-corrected chi connectivity index (χ3v) is 3.65. The molecular weight excluding hydrogens is 539 g/mol. The number of aryl methyl sites for hydroxylation is 2. The quantitative estimate of drug-likeness (QED) is 0.151. The molecule has 0 unspecified atom stereocenters. The minimum absolute atomic E-state index is 0. The Kier molecular flexibility index (Phi) is 48.8. The van der Waals surface area contributed by atoms with Crippen molar-refractivity contribution in [3.05, 3.63) is 117 Å².